The Morgan fingerprint density at radius 1 is 1.24 bits per heavy atom. The van der Waals surface area contributed by atoms with Gasteiger partial charge in [0, 0.05) is 24.7 Å². The van der Waals surface area contributed by atoms with E-state index in [4.69, 9.17) is 10.5 Å². The van der Waals surface area contributed by atoms with Crippen LogP contribution in [0.2, 0.25) is 0 Å². The van der Waals surface area contributed by atoms with Crippen molar-refractivity contribution in [2.45, 2.75) is 58.5 Å². The first-order chi connectivity index (χ1) is 8.00. The highest BCUT2D eigenvalue weighted by atomic mass is 16.5. The molecule has 0 saturated carbocycles. The highest BCUT2D eigenvalue weighted by Gasteiger charge is 2.36. The molecule has 0 aromatic carbocycles. The Balaban J connectivity index is 2.58. The first kappa shape index (κ1) is 14.9. The molecule has 1 fully saturated rings. The molecule has 1 rings (SSSR count). The number of nitrogens with two attached hydrogens (primary N) is 1. The summed E-state index contributed by atoms with van der Waals surface area (Å²) in [4.78, 5) is 2.53. The number of rotatable bonds is 6. The Morgan fingerprint density at radius 2 is 1.82 bits per heavy atom. The summed E-state index contributed by atoms with van der Waals surface area (Å²) in [5.74, 6) is 0.742. The van der Waals surface area contributed by atoms with Crippen molar-refractivity contribution in [2.24, 2.45) is 11.7 Å². The van der Waals surface area contributed by atoms with E-state index in [1.165, 1.54) is 6.42 Å². The molecule has 102 valence electrons. The number of hydrogen-bond donors (Lipinski definition) is 1. The van der Waals surface area contributed by atoms with Gasteiger partial charge in [0.05, 0.1) is 13.2 Å². The first-order valence-corrected chi connectivity index (χ1v) is 7.09. The van der Waals surface area contributed by atoms with Gasteiger partial charge in [-0.15, -0.1) is 0 Å². The van der Waals surface area contributed by atoms with Gasteiger partial charge < -0.3 is 10.5 Å². The Bertz CT molecular complexity index is 214. The maximum atomic E-state index is 6.46. The van der Waals surface area contributed by atoms with Gasteiger partial charge >= 0.3 is 0 Å². The van der Waals surface area contributed by atoms with Crippen molar-refractivity contribution in [3.8, 4) is 0 Å². The zero-order valence-electron chi connectivity index (χ0n) is 12.0. The van der Waals surface area contributed by atoms with Gasteiger partial charge in [0.15, 0.2) is 0 Å². The molecule has 3 nitrogen and oxygen atoms in total. The highest BCUT2D eigenvalue weighted by Crippen LogP contribution is 2.26. The third-order valence-electron chi connectivity index (χ3n) is 4.30. The maximum Gasteiger partial charge on any atom is 0.0594 e. The van der Waals surface area contributed by atoms with Gasteiger partial charge in [-0.3, -0.25) is 4.90 Å². The van der Waals surface area contributed by atoms with E-state index in [9.17, 15) is 0 Å². The van der Waals surface area contributed by atoms with Gasteiger partial charge in [-0.1, -0.05) is 20.8 Å². The summed E-state index contributed by atoms with van der Waals surface area (Å²) in [7, 11) is 0. The highest BCUT2D eigenvalue weighted by molar-refractivity contribution is 4.95. The zero-order valence-corrected chi connectivity index (χ0v) is 12.0. The van der Waals surface area contributed by atoms with Crippen LogP contribution in [0.25, 0.3) is 0 Å². The summed E-state index contributed by atoms with van der Waals surface area (Å²) >= 11 is 0. The predicted octanol–water partition coefficient (Wildman–Crippen LogP) is 2.25. The summed E-state index contributed by atoms with van der Waals surface area (Å²) in [5.41, 5.74) is 6.60. The zero-order chi connectivity index (χ0) is 12.9. The maximum absolute atomic E-state index is 6.46. The van der Waals surface area contributed by atoms with E-state index < -0.39 is 0 Å². The minimum absolute atomic E-state index is 0.138. The molecule has 0 spiro atoms. The van der Waals surface area contributed by atoms with E-state index in [2.05, 4.69) is 32.6 Å². The minimum atomic E-state index is 0.138. The average molecular weight is 242 g/mol. The van der Waals surface area contributed by atoms with E-state index in [0.717, 1.165) is 45.1 Å². The molecular weight excluding hydrogens is 212 g/mol. The van der Waals surface area contributed by atoms with Crippen molar-refractivity contribution in [1.29, 1.82) is 0 Å². The summed E-state index contributed by atoms with van der Waals surface area (Å²) in [6.07, 6.45) is 3.47. The molecule has 2 unspecified atom stereocenters. The van der Waals surface area contributed by atoms with Crippen LogP contribution in [0.3, 0.4) is 0 Å². The molecule has 0 aromatic rings. The second kappa shape index (κ2) is 6.72. The van der Waals surface area contributed by atoms with Gasteiger partial charge in [-0.25, -0.2) is 0 Å². The molecule has 2 atom stereocenters. The fourth-order valence-electron chi connectivity index (χ4n) is 2.62. The predicted molar refractivity (Wildman–Crippen MR) is 73.1 cm³/mol. The lowest BCUT2D eigenvalue weighted by molar-refractivity contribution is -0.0287. The van der Waals surface area contributed by atoms with Crippen LogP contribution in [0.15, 0.2) is 0 Å². The molecule has 0 aromatic heterocycles. The molecule has 1 heterocycles. The van der Waals surface area contributed by atoms with Crippen LogP contribution in [0.5, 0.6) is 0 Å². The molecule has 1 saturated heterocycles. The largest absolute Gasteiger partial charge is 0.379 e. The van der Waals surface area contributed by atoms with Crippen LogP contribution in [-0.2, 0) is 4.74 Å². The number of hydrogen-bond acceptors (Lipinski definition) is 3. The molecule has 1 aliphatic heterocycles. The van der Waals surface area contributed by atoms with Gasteiger partial charge in [0.2, 0.25) is 0 Å². The Hall–Kier alpha value is -0.120. The van der Waals surface area contributed by atoms with E-state index in [-0.39, 0.29) is 11.6 Å². The van der Waals surface area contributed by atoms with Crippen molar-refractivity contribution in [3.05, 3.63) is 0 Å². The van der Waals surface area contributed by atoms with Crippen LogP contribution < -0.4 is 5.73 Å². The molecule has 0 bridgehead atoms. The SMILES string of the molecule is CCC(C)(C(N)CCC(C)C)N1CCOCC1. The fraction of sp³-hybridized carbons (Fsp3) is 1.00. The number of ether oxygens (including phenoxy) is 1. The fourth-order valence-corrected chi connectivity index (χ4v) is 2.62. The van der Waals surface area contributed by atoms with Gasteiger partial charge in [0.25, 0.3) is 0 Å². The summed E-state index contributed by atoms with van der Waals surface area (Å²) in [6.45, 7) is 12.9. The van der Waals surface area contributed by atoms with E-state index in [1.54, 1.807) is 0 Å². The van der Waals surface area contributed by atoms with E-state index in [1.807, 2.05) is 0 Å². The van der Waals surface area contributed by atoms with Crippen molar-refractivity contribution in [3.63, 3.8) is 0 Å². The van der Waals surface area contributed by atoms with Crippen molar-refractivity contribution in [1.82, 2.24) is 4.90 Å². The normalized spacial score (nSPS) is 23.6. The Morgan fingerprint density at radius 3 is 2.29 bits per heavy atom. The second-order valence-electron chi connectivity index (χ2n) is 5.89. The molecule has 0 radical (unpaired) electrons. The monoisotopic (exact) mass is 242 g/mol. The Kier molecular flexibility index (Phi) is 5.90. The van der Waals surface area contributed by atoms with Gasteiger partial charge in [0.1, 0.15) is 0 Å². The van der Waals surface area contributed by atoms with Crippen LogP contribution >= 0.6 is 0 Å². The third-order valence-corrected chi connectivity index (χ3v) is 4.30. The van der Waals surface area contributed by atoms with Crippen molar-refractivity contribution >= 4 is 0 Å². The standard InChI is InChI=1S/C14H30N2O/c1-5-14(4,13(15)7-6-12(2)3)16-8-10-17-11-9-16/h12-13H,5-11,15H2,1-4H3. The molecule has 3 heteroatoms. The lowest BCUT2D eigenvalue weighted by Gasteiger charge is -2.46. The average Bonchev–Trinajstić information content (AvgIpc) is 2.35. The van der Waals surface area contributed by atoms with Gasteiger partial charge in [-0.2, -0.15) is 0 Å². The number of morpholine rings is 1. The summed E-state index contributed by atoms with van der Waals surface area (Å²) in [6, 6.07) is 0.271. The molecule has 2 N–H and O–H groups in total. The van der Waals surface area contributed by atoms with Crippen LogP contribution in [0, 0.1) is 5.92 Å². The molecular formula is C14H30N2O. The minimum Gasteiger partial charge on any atom is -0.379 e. The van der Waals surface area contributed by atoms with E-state index in [0.29, 0.717) is 0 Å². The second-order valence-corrected chi connectivity index (χ2v) is 5.89. The van der Waals surface area contributed by atoms with Crippen molar-refractivity contribution in [2.75, 3.05) is 26.3 Å². The molecule has 1 aliphatic rings. The smallest absolute Gasteiger partial charge is 0.0594 e. The summed E-state index contributed by atoms with van der Waals surface area (Å²) in [5, 5.41) is 0. The van der Waals surface area contributed by atoms with Crippen molar-refractivity contribution < 1.29 is 4.74 Å². The Labute approximate surface area is 107 Å². The van der Waals surface area contributed by atoms with E-state index >= 15 is 0 Å². The molecule has 0 amide bonds. The van der Waals surface area contributed by atoms with Crippen LogP contribution in [-0.4, -0.2) is 42.8 Å². The third kappa shape index (κ3) is 3.94. The molecule has 17 heavy (non-hydrogen) atoms. The van der Waals surface area contributed by atoms with Gasteiger partial charge in [-0.05, 0) is 32.1 Å². The topological polar surface area (TPSA) is 38.5 Å². The van der Waals surface area contributed by atoms with Crippen LogP contribution in [0.4, 0.5) is 0 Å². The lowest BCUT2D eigenvalue weighted by Crippen LogP contribution is -2.60. The molecule has 0 aliphatic carbocycles. The van der Waals surface area contributed by atoms with Crippen LogP contribution in [0.1, 0.15) is 47.0 Å². The summed E-state index contributed by atoms with van der Waals surface area (Å²) < 4.78 is 5.43. The lowest BCUT2D eigenvalue weighted by atomic mass is 9.83. The first-order valence-electron chi connectivity index (χ1n) is 7.09. The number of nitrogens with zero attached hydrogens (tertiary/aromatic N) is 1. The quantitative estimate of drug-likeness (QED) is 0.776.